The molecule has 7 heteroatoms. The van der Waals surface area contributed by atoms with E-state index in [4.69, 9.17) is 18.9 Å². The predicted molar refractivity (Wildman–Crippen MR) is 163 cm³/mol. The van der Waals surface area contributed by atoms with Crippen LogP contribution in [0.1, 0.15) is 74.7 Å². The summed E-state index contributed by atoms with van der Waals surface area (Å²) in [7, 11) is 0. The lowest BCUT2D eigenvalue weighted by Crippen LogP contribution is -2.36. The third-order valence-electron chi connectivity index (χ3n) is 7.37. The number of aromatic nitrogens is 1. The molecule has 1 aromatic heterocycles. The molecule has 0 amide bonds. The molecule has 1 atom stereocenters. The number of unbranched alkanes of at least 4 members (excludes halogenated alkanes) is 3. The Bertz CT molecular complexity index is 1190. The summed E-state index contributed by atoms with van der Waals surface area (Å²) in [6.45, 7) is 8.65. The fourth-order valence-electron chi connectivity index (χ4n) is 5.24. The maximum atomic E-state index is 12.1. The van der Waals surface area contributed by atoms with E-state index in [0.717, 1.165) is 49.9 Å². The second kappa shape index (κ2) is 16.7. The molecule has 1 aliphatic heterocycles. The van der Waals surface area contributed by atoms with Crippen LogP contribution in [0, 0.1) is 0 Å². The van der Waals surface area contributed by atoms with E-state index in [-0.39, 0.29) is 12.0 Å². The Balaban J connectivity index is 1.68. The van der Waals surface area contributed by atoms with Crippen molar-refractivity contribution in [2.75, 3.05) is 44.4 Å². The van der Waals surface area contributed by atoms with Gasteiger partial charge in [0.05, 0.1) is 25.9 Å². The van der Waals surface area contributed by atoms with Crippen molar-refractivity contribution in [1.29, 1.82) is 0 Å². The number of rotatable bonds is 16. The maximum absolute atomic E-state index is 12.1. The molecule has 0 N–H and O–H groups in total. The van der Waals surface area contributed by atoms with Gasteiger partial charge in [-0.15, -0.1) is 0 Å². The van der Waals surface area contributed by atoms with Gasteiger partial charge in [-0.25, -0.2) is 9.78 Å². The first-order valence-electron chi connectivity index (χ1n) is 15.1. The molecule has 0 saturated carbocycles. The molecule has 7 nitrogen and oxygen atoms in total. The van der Waals surface area contributed by atoms with E-state index in [0.29, 0.717) is 32.8 Å². The summed E-state index contributed by atoms with van der Waals surface area (Å²) < 4.78 is 17.5. The van der Waals surface area contributed by atoms with Gasteiger partial charge in [-0.1, -0.05) is 99.3 Å². The number of benzene rings is 2. The SMILES string of the molecule is CCCCCCC(c1nc(Cc2ccccc2)c(N2CCOCC2)o1)N(C/C=C/C(=O)OCC)Cc1ccccc1. The summed E-state index contributed by atoms with van der Waals surface area (Å²) in [5.74, 6) is 1.28. The minimum absolute atomic E-state index is 0.0387. The highest BCUT2D eigenvalue weighted by atomic mass is 16.5. The normalized spacial score (nSPS) is 14.6. The molecular weight excluding hydrogens is 514 g/mol. The van der Waals surface area contributed by atoms with Crippen molar-refractivity contribution >= 4 is 11.9 Å². The van der Waals surface area contributed by atoms with Crippen LogP contribution in [0.15, 0.2) is 77.2 Å². The van der Waals surface area contributed by atoms with Crippen LogP contribution in [0.4, 0.5) is 5.88 Å². The van der Waals surface area contributed by atoms with E-state index < -0.39 is 0 Å². The number of morpholine rings is 1. The highest BCUT2D eigenvalue weighted by Crippen LogP contribution is 2.34. The van der Waals surface area contributed by atoms with Gasteiger partial charge in [0.2, 0.25) is 11.8 Å². The van der Waals surface area contributed by atoms with Gasteiger partial charge < -0.3 is 18.8 Å². The van der Waals surface area contributed by atoms with Gasteiger partial charge in [0.1, 0.15) is 5.69 Å². The quantitative estimate of drug-likeness (QED) is 0.109. The predicted octanol–water partition coefficient (Wildman–Crippen LogP) is 6.74. The second-order valence-corrected chi connectivity index (χ2v) is 10.5. The summed E-state index contributed by atoms with van der Waals surface area (Å²) >= 11 is 0. The lowest BCUT2D eigenvalue weighted by Gasteiger charge is -2.29. The Morgan fingerprint density at radius 3 is 2.39 bits per heavy atom. The lowest BCUT2D eigenvalue weighted by atomic mass is 10.0. The molecule has 0 radical (unpaired) electrons. The average Bonchev–Trinajstić information content (AvgIpc) is 3.41. The molecule has 1 fully saturated rings. The summed E-state index contributed by atoms with van der Waals surface area (Å²) in [5, 5.41) is 0. The van der Waals surface area contributed by atoms with Crippen molar-refractivity contribution in [2.24, 2.45) is 0 Å². The average molecular weight is 560 g/mol. The molecule has 3 aromatic rings. The maximum Gasteiger partial charge on any atom is 0.330 e. The number of ether oxygens (including phenoxy) is 2. The monoisotopic (exact) mass is 559 g/mol. The number of esters is 1. The topological polar surface area (TPSA) is 68.0 Å². The number of hydrogen-bond donors (Lipinski definition) is 0. The second-order valence-electron chi connectivity index (χ2n) is 10.5. The third kappa shape index (κ3) is 9.58. The Morgan fingerprint density at radius 2 is 1.71 bits per heavy atom. The van der Waals surface area contributed by atoms with Crippen LogP contribution < -0.4 is 4.90 Å². The molecule has 4 rings (SSSR count). The third-order valence-corrected chi connectivity index (χ3v) is 7.37. The van der Waals surface area contributed by atoms with Gasteiger partial charge in [-0.2, -0.15) is 0 Å². The number of nitrogens with zero attached hydrogens (tertiary/aromatic N) is 3. The van der Waals surface area contributed by atoms with Crippen LogP contribution in [-0.2, 0) is 27.2 Å². The summed E-state index contributed by atoms with van der Waals surface area (Å²) in [4.78, 5) is 21.9. The van der Waals surface area contributed by atoms with Gasteiger partial charge in [0.25, 0.3) is 0 Å². The Kier molecular flexibility index (Phi) is 12.5. The van der Waals surface area contributed by atoms with Gasteiger partial charge in [-0.05, 0) is 24.5 Å². The number of hydrogen-bond acceptors (Lipinski definition) is 7. The zero-order chi connectivity index (χ0) is 28.7. The summed E-state index contributed by atoms with van der Waals surface area (Å²) in [6, 6.07) is 20.9. The molecule has 2 heterocycles. The highest BCUT2D eigenvalue weighted by Gasteiger charge is 2.29. The zero-order valence-corrected chi connectivity index (χ0v) is 24.7. The number of carbonyl (C=O) groups excluding carboxylic acids is 1. The van der Waals surface area contributed by atoms with Crippen molar-refractivity contribution in [3.8, 4) is 0 Å². The number of anilines is 1. The van der Waals surface area contributed by atoms with Crippen LogP contribution in [0.2, 0.25) is 0 Å². The molecule has 1 unspecified atom stereocenters. The first kappa shape index (κ1) is 30.5. The molecule has 220 valence electrons. The van der Waals surface area contributed by atoms with Crippen LogP contribution in [0.5, 0.6) is 0 Å². The minimum Gasteiger partial charge on any atom is -0.463 e. The Labute approximate surface area is 245 Å². The summed E-state index contributed by atoms with van der Waals surface area (Å²) in [5.41, 5.74) is 3.38. The Hall–Kier alpha value is -3.42. The number of oxazole rings is 1. The lowest BCUT2D eigenvalue weighted by molar-refractivity contribution is -0.137. The molecule has 0 spiro atoms. The van der Waals surface area contributed by atoms with Gasteiger partial charge >= 0.3 is 5.97 Å². The van der Waals surface area contributed by atoms with E-state index >= 15 is 0 Å². The molecule has 41 heavy (non-hydrogen) atoms. The van der Waals surface area contributed by atoms with Crippen LogP contribution in [-0.4, -0.2) is 55.3 Å². The molecule has 2 aromatic carbocycles. The number of carbonyl (C=O) groups is 1. The van der Waals surface area contributed by atoms with Crippen LogP contribution in [0.25, 0.3) is 0 Å². The first-order valence-corrected chi connectivity index (χ1v) is 15.1. The van der Waals surface area contributed by atoms with E-state index in [1.807, 2.05) is 25.1 Å². The van der Waals surface area contributed by atoms with E-state index in [9.17, 15) is 4.79 Å². The van der Waals surface area contributed by atoms with E-state index in [1.165, 1.54) is 36.5 Å². The van der Waals surface area contributed by atoms with E-state index in [1.54, 1.807) is 0 Å². The van der Waals surface area contributed by atoms with E-state index in [2.05, 4.69) is 65.3 Å². The standard InChI is InChI=1S/C34H45N3O4/c1-3-5-6-13-19-31(37(21-14-20-32(38)40-4-2)27-29-17-11-8-12-18-29)33-35-30(26-28-15-9-7-10-16-28)34(41-33)36-22-24-39-25-23-36/h7-12,14-18,20,31H,3-6,13,19,21-27H2,1-2H3/b20-14+. The van der Waals surface area contributed by atoms with Crippen molar-refractivity contribution < 1.29 is 18.7 Å². The molecule has 1 aliphatic rings. The molecule has 1 saturated heterocycles. The fourth-order valence-corrected chi connectivity index (χ4v) is 5.24. The van der Waals surface area contributed by atoms with Gasteiger partial charge in [0.15, 0.2) is 0 Å². The molecular formula is C34H45N3O4. The Morgan fingerprint density at radius 1 is 1.00 bits per heavy atom. The van der Waals surface area contributed by atoms with Crippen LogP contribution in [0.3, 0.4) is 0 Å². The molecule has 0 aliphatic carbocycles. The van der Waals surface area contributed by atoms with Gasteiger partial charge in [0, 0.05) is 38.7 Å². The smallest absolute Gasteiger partial charge is 0.330 e. The van der Waals surface area contributed by atoms with Gasteiger partial charge in [-0.3, -0.25) is 4.90 Å². The highest BCUT2D eigenvalue weighted by molar-refractivity contribution is 5.81. The fraction of sp³-hybridized carbons (Fsp3) is 0.471. The largest absolute Gasteiger partial charge is 0.463 e. The first-order chi connectivity index (χ1) is 20.2. The van der Waals surface area contributed by atoms with Crippen molar-refractivity contribution in [3.05, 3.63) is 95.5 Å². The van der Waals surface area contributed by atoms with Crippen molar-refractivity contribution in [2.45, 2.75) is 65.0 Å². The zero-order valence-electron chi connectivity index (χ0n) is 24.7. The minimum atomic E-state index is -0.317. The molecule has 0 bridgehead atoms. The van der Waals surface area contributed by atoms with Crippen molar-refractivity contribution in [1.82, 2.24) is 9.88 Å². The van der Waals surface area contributed by atoms with Crippen LogP contribution >= 0.6 is 0 Å². The van der Waals surface area contributed by atoms with Crippen molar-refractivity contribution in [3.63, 3.8) is 0 Å². The summed E-state index contributed by atoms with van der Waals surface area (Å²) in [6.07, 6.45) is 9.70.